The van der Waals surface area contributed by atoms with E-state index in [0.717, 1.165) is 43.5 Å². The van der Waals surface area contributed by atoms with Crippen LogP contribution in [0.15, 0.2) is 53.4 Å². The topological polar surface area (TPSA) is 70.1 Å². The average molecular weight is 499 g/mol. The van der Waals surface area contributed by atoms with Gasteiger partial charge in [-0.3, -0.25) is 4.90 Å². The summed E-state index contributed by atoms with van der Waals surface area (Å²) in [6, 6.07) is 11.8. The van der Waals surface area contributed by atoms with Gasteiger partial charge in [0, 0.05) is 32.7 Å². The number of β-amino-alcohol motifs (C(OH)–C–C–N with tert-alkyl or cyclic N) is 1. The van der Waals surface area contributed by atoms with Gasteiger partial charge >= 0.3 is 6.18 Å². The van der Waals surface area contributed by atoms with Crippen LogP contribution in [0.1, 0.15) is 35.6 Å². The van der Waals surface area contributed by atoms with E-state index in [4.69, 9.17) is 4.74 Å². The highest BCUT2D eigenvalue weighted by Gasteiger charge is 2.33. The van der Waals surface area contributed by atoms with Crippen LogP contribution in [-0.2, 0) is 27.4 Å². The number of aryl methyl sites for hydroxylation is 1. The fraction of sp³-hybridized carbons (Fsp3) is 0.500. The van der Waals surface area contributed by atoms with Crippen molar-refractivity contribution >= 4 is 10.0 Å². The third kappa shape index (κ3) is 5.80. The molecule has 2 aliphatic rings. The van der Waals surface area contributed by atoms with Crippen molar-refractivity contribution in [3.8, 4) is 0 Å². The number of aliphatic hydroxyl groups is 1. The van der Waals surface area contributed by atoms with E-state index < -0.39 is 27.9 Å². The lowest BCUT2D eigenvalue weighted by Crippen LogP contribution is -2.50. The zero-order chi connectivity index (χ0) is 24.3. The second kappa shape index (κ2) is 10.3. The van der Waals surface area contributed by atoms with Crippen LogP contribution in [0.3, 0.4) is 0 Å². The number of nitrogens with zero attached hydrogens (tertiary/aromatic N) is 2. The van der Waals surface area contributed by atoms with Crippen LogP contribution in [-0.4, -0.2) is 68.2 Å². The van der Waals surface area contributed by atoms with E-state index in [0.29, 0.717) is 19.6 Å². The molecule has 1 saturated heterocycles. The molecule has 1 N–H and O–H groups in total. The van der Waals surface area contributed by atoms with Gasteiger partial charge in [-0.25, -0.2) is 8.42 Å². The molecule has 186 valence electrons. The fourth-order valence-electron chi connectivity index (χ4n) is 4.58. The molecule has 0 spiro atoms. The predicted octanol–water partition coefficient (Wildman–Crippen LogP) is 3.47. The first-order valence-electron chi connectivity index (χ1n) is 11.4. The summed E-state index contributed by atoms with van der Waals surface area (Å²) < 4.78 is 71.2. The highest BCUT2D eigenvalue weighted by Crippen LogP contribution is 2.32. The molecule has 2 aromatic rings. The molecule has 34 heavy (non-hydrogen) atoms. The largest absolute Gasteiger partial charge is 0.416 e. The van der Waals surface area contributed by atoms with Crippen LogP contribution in [0.4, 0.5) is 13.2 Å². The van der Waals surface area contributed by atoms with Crippen molar-refractivity contribution in [3.63, 3.8) is 0 Å². The van der Waals surface area contributed by atoms with Crippen LogP contribution in [0.2, 0.25) is 0 Å². The highest BCUT2D eigenvalue weighted by molar-refractivity contribution is 7.89. The zero-order valence-electron chi connectivity index (χ0n) is 18.7. The lowest BCUT2D eigenvalue weighted by molar-refractivity contribution is -0.137. The molecule has 2 atom stereocenters. The number of sulfonamides is 1. The lowest BCUT2D eigenvalue weighted by Gasteiger charge is -2.35. The van der Waals surface area contributed by atoms with Gasteiger partial charge < -0.3 is 9.84 Å². The number of fused-ring (bicyclic) bond motifs is 1. The number of halogens is 3. The third-order valence-corrected chi connectivity index (χ3v) is 8.34. The number of hydrogen-bond acceptors (Lipinski definition) is 5. The summed E-state index contributed by atoms with van der Waals surface area (Å²) in [6.07, 6.45) is -2.23. The Hall–Kier alpha value is -1.98. The summed E-state index contributed by atoms with van der Waals surface area (Å²) >= 11 is 0. The lowest BCUT2D eigenvalue weighted by atomic mass is 9.89. The van der Waals surface area contributed by atoms with E-state index in [-0.39, 0.29) is 30.7 Å². The summed E-state index contributed by atoms with van der Waals surface area (Å²) in [7, 11) is -3.88. The monoisotopic (exact) mass is 498 g/mol. The summed E-state index contributed by atoms with van der Waals surface area (Å²) in [5.74, 6) is 0. The first-order chi connectivity index (χ1) is 16.1. The van der Waals surface area contributed by atoms with E-state index >= 15 is 0 Å². The van der Waals surface area contributed by atoms with Gasteiger partial charge in [0.05, 0.1) is 29.3 Å². The first kappa shape index (κ1) is 25.1. The zero-order valence-corrected chi connectivity index (χ0v) is 19.6. The fourth-order valence-corrected chi connectivity index (χ4v) is 6.00. The molecular formula is C24H29F3N2O4S. The molecule has 1 fully saturated rings. The molecule has 1 heterocycles. The maximum atomic E-state index is 12.8. The molecule has 1 aliphatic carbocycles. The van der Waals surface area contributed by atoms with Gasteiger partial charge in [0.25, 0.3) is 0 Å². The average Bonchev–Trinajstić information content (AvgIpc) is 2.82. The molecule has 10 heteroatoms. The summed E-state index contributed by atoms with van der Waals surface area (Å²) in [5, 5.41) is 10.5. The van der Waals surface area contributed by atoms with Crippen molar-refractivity contribution < 1.29 is 31.4 Å². The first-order valence-corrected chi connectivity index (χ1v) is 12.9. The van der Waals surface area contributed by atoms with Crippen LogP contribution >= 0.6 is 0 Å². The summed E-state index contributed by atoms with van der Waals surface area (Å²) in [5.41, 5.74) is 1.59. The van der Waals surface area contributed by atoms with E-state index in [9.17, 15) is 26.7 Å². The van der Waals surface area contributed by atoms with Crippen LogP contribution in [0.25, 0.3) is 0 Å². The Morgan fingerprint density at radius 1 is 1.03 bits per heavy atom. The Labute approximate surface area is 198 Å². The Morgan fingerprint density at radius 2 is 1.71 bits per heavy atom. The maximum Gasteiger partial charge on any atom is 0.416 e. The third-order valence-electron chi connectivity index (χ3n) is 6.42. The Balaban J connectivity index is 1.26. The number of piperazine rings is 1. The quantitative estimate of drug-likeness (QED) is 0.633. The normalized spacial score (nSPS) is 21.2. The van der Waals surface area contributed by atoms with Gasteiger partial charge in [-0.2, -0.15) is 17.5 Å². The Morgan fingerprint density at radius 3 is 2.38 bits per heavy atom. The maximum absolute atomic E-state index is 12.8. The number of aliphatic hydroxyl groups excluding tert-OH is 1. The summed E-state index contributed by atoms with van der Waals surface area (Å²) in [4.78, 5) is 1.82. The molecule has 6 nitrogen and oxygen atoms in total. The predicted molar refractivity (Wildman–Crippen MR) is 121 cm³/mol. The molecule has 4 rings (SSSR count). The van der Waals surface area contributed by atoms with Crippen LogP contribution in [0.5, 0.6) is 0 Å². The molecular weight excluding hydrogens is 469 g/mol. The Bertz CT molecular complexity index is 1070. The van der Waals surface area contributed by atoms with Crippen molar-refractivity contribution in [1.82, 2.24) is 9.21 Å². The SMILES string of the molecule is O=S(=O)(c1ccc(C(F)(F)F)cc1)N1CCN(C[C@H](O)CO[C@H]2CCCc3ccccc32)CC1. The smallest absolute Gasteiger partial charge is 0.389 e. The Kier molecular flexibility index (Phi) is 7.63. The van der Waals surface area contributed by atoms with Crippen molar-refractivity contribution in [2.24, 2.45) is 0 Å². The van der Waals surface area contributed by atoms with E-state index in [2.05, 4.69) is 12.1 Å². The molecule has 0 radical (unpaired) electrons. The molecule has 0 saturated carbocycles. The molecule has 0 unspecified atom stereocenters. The number of benzene rings is 2. The molecule has 2 aromatic carbocycles. The van der Waals surface area contributed by atoms with Crippen molar-refractivity contribution in [2.45, 2.75) is 42.5 Å². The minimum absolute atomic E-state index is 0.0228. The number of rotatable bonds is 7. The standard InChI is InChI=1S/C24H29F3N2O4S/c25-24(26,27)19-8-10-21(11-9-19)34(31,32)29-14-12-28(13-15-29)16-20(30)17-33-23-7-3-5-18-4-1-2-6-22(18)23/h1-2,4,6,8-11,20,23,30H,3,5,7,12-17H2/t20-,23-/m0/s1. The molecule has 0 amide bonds. The number of hydrogen-bond donors (Lipinski definition) is 1. The van der Waals surface area contributed by atoms with Gasteiger partial charge in [0.1, 0.15) is 0 Å². The number of alkyl halides is 3. The molecule has 1 aliphatic heterocycles. The second-order valence-electron chi connectivity index (χ2n) is 8.79. The van der Waals surface area contributed by atoms with Crippen LogP contribution < -0.4 is 0 Å². The number of ether oxygens (including phenoxy) is 1. The van der Waals surface area contributed by atoms with Crippen molar-refractivity contribution in [1.29, 1.82) is 0 Å². The van der Waals surface area contributed by atoms with Gasteiger partial charge in [0.2, 0.25) is 10.0 Å². The van der Waals surface area contributed by atoms with Gasteiger partial charge in [-0.05, 0) is 54.7 Å². The van der Waals surface area contributed by atoms with E-state index in [1.54, 1.807) is 0 Å². The summed E-state index contributed by atoms with van der Waals surface area (Å²) in [6.45, 7) is 1.80. The second-order valence-corrected chi connectivity index (χ2v) is 10.7. The molecule has 0 aromatic heterocycles. The van der Waals surface area contributed by atoms with Crippen molar-refractivity contribution in [3.05, 3.63) is 65.2 Å². The van der Waals surface area contributed by atoms with Gasteiger partial charge in [-0.15, -0.1) is 0 Å². The van der Waals surface area contributed by atoms with Crippen LogP contribution in [0, 0.1) is 0 Å². The van der Waals surface area contributed by atoms with E-state index in [1.807, 2.05) is 17.0 Å². The minimum atomic E-state index is -4.52. The molecule has 0 bridgehead atoms. The van der Waals surface area contributed by atoms with Gasteiger partial charge in [0.15, 0.2) is 0 Å². The van der Waals surface area contributed by atoms with Crippen molar-refractivity contribution in [2.75, 3.05) is 39.3 Å². The van der Waals surface area contributed by atoms with E-state index in [1.165, 1.54) is 15.4 Å². The van der Waals surface area contributed by atoms with Gasteiger partial charge in [-0.1, -0.05) is 24.3 Å². The highest BCUT2D eigenvalue weighted by atomic mass is 32.2. The minimum Gasteiger partial charge on any atom is -0.389 e.